The average Bonchev–Trinajstić information content (AvgIpc) is 4.03. The predicted molar refractivity (Wildman–Crippen MR) is 264 cm³/mol. The number of aromatic nitrogens is 1. The van der Waals surface area contributed by atoms with Crippen LogP contribution in [0.2, 0.25) is 0 Å². The Morgan fingerprint density at radius 2 is 1.13 bits per heavy atom. The van der Waals surface area contributed by atoms with E-state index in [-0.39, 0.29) is 0 Å². The summed E-state index contributed by atoms with van der Waals surface area (Å²) in [7, 11) is 0. The third-order valence-corrected chi connectivity index (χ3v) is 13.8. The third-order valence-electron chi connectivity index (χ3n) is 12.6. The number of thiophene rings is 1. The van der Waals surface area contributed by atoms with Crippen molar-refractivity contribution < 1.29 is 4.42 Å². The van der Waals surface area contributed by atoms with Gasteiger partial charge in [-0.15, -0.1) is 11.3 Å². The maximum atomic E-state index is 6.76. The molecule has 62 heavy (non-hydrogen) atoms. The zero-order chi connectivity index (χ0) is 40.7. The standard InChI is InChI=1S/C58H36N2OS/c1-2-16-40(17-3-1)60-50-25-8-6-21-48(50)55-43(22-12-26-51(55)60)38-30-33-41(34-31-38)59(52-27-13-28-53-56(52)49-35-32-37-14-4-5-19-44(37)57(49)61-53)42-18-10-15-39(36-42)45-23-11-24-47-46-20-7-9-29-54(46)62-58(45)47/h1-36H. The van der Waals surface area contributed by atoms with Crippen LogP contribution in [0.5, 0.6) is 0 Å². The van der Waals surface area contributed by atoms with Gasteiger partial charge in [-0.25, -0.2) is 0 Å². The molecule has 4 heteroatoms. The van der Waals surface area contributed by atoms with Gasteiger partial charge in [0.15, 0.2) is 0 Å². The first-order chi connectivity index (χ1) is 30.8. The largest absolute Gasteiger partial charge is 0.455 e. The first kappa shape index (κ1) is 34.9. The molecule has 0 unspecified atom stereocenters. The molecule has 0 fully saturated rings. The maximum Gasteiger partial charge on any atom is 0.143 e. The minimum Gasteiger partial charge on any atom is -0.455 e. The molecule has 0 atom stereocenters. The quantitative estimate of drug-likeness (QED) is 0.167. The molecular weight excluding hydrogens is 773 g/mol. The Bertz CT molecular complexity index is 3870. The van der Waals surface area contributed by atoms with Crippen LogP contribution in [0.1, 0.15) is 0 Å². The van der Waals surface area contributed by atoms with E-state index in [1.54, 1.807) is 0 Å². The average molecular weight is 809 g/mol. The summed E-state index contributed by atoms with van der Waals surface area (Å²) in [4.78, 5) is 2.41. The van der Waals surface area contributed by atoms with Crippen LogP contribution >= 0.6 is 11.3 Å². The van der Waals surface area contributed by atoms with E-state index in [0.29, 0.717) is 0 Å². The van der Waals surface area contributed by atoms with Gasteiger partial charge in [-0.1, -0.05) is 146 Å². The highest BCUT2D eigenvalue weighted by molar-refractivity contribution is 7.26. The van der Waals surface area contributed by atoms with E-state index in [1.165, 1.54) is 64.2 Å². The summed E-state index contributed by atoms with van der Waals surface area (Å²) in [6.45, 7) is 0. The smallest absolute Gasteiger partial charge is 0.143 e. The highest BCUT2D eigenvalue weighted by Crippen LogP contribution is 2.47. The van der Waals surface area contributed by atoms with Crippen molar-refractivity contribution in [3.63, 3.8) is 0 Å². The van der Waals surface area contributed by atoms with Crippen molar-refractivity contribution in [2.45, 2.75) is 0 Å². The minimum absolute atomic E-state index is 0.864. The Balaban J connectivity index is 1.01. The number of rotatable bonds is 6. The fourth-order valence-electron chi connectivity index (χ4n) is 9.84. The van der Waals surface area contributed by atoms with Gasteiger partial charge in [0.1, 0.15) is 11.2 Å². The summed E-state index contributed by atoms with van der Waals surface area (Å²) < 4.78 is 11.8. The van der Waals surface area contributed by atoms with Crippen molar-refractivity contribution in [1.29, 1.82) is 0 Å². The molecule has 13 aromatic rings. The third kappa shape index (κ3) is 5.30. The molecule has 0 aliphatic heterocycles. The molecule has 0 saturated carbocycles. The maximum absolute atomic E-state index is 6.76. The summed E-state index contributed by atoms with van der Waals surface area (Å²) in [5.41, 5.74) is 13.3. The Kier molecular flexibility index (Phi) is 7.78. The fraction of sp³-hybridized carbons (Fsp3) is 0. The number of para-hydroxylation sites is 2. The monoisotopic (exact) mass is 808 g/mol. The van der Waals surface area contributed by atoms with Crippen LogP contribution in [0.3, 0.4) is 0 Å². The van der Waals surface area contributed by atoms with Crippen LogP contribution in [0, 0.1) is 0 Å². The Morgan fingerprint density at radius 3 is 2.03 bits per heavy atom. The molecule has 0 bridgehead atoms. The van der Waals surface area contributed by atoms with Crippen LogP contribution < -0.4 is 4.90 Å². The van der Waals surface area contributed by atoms with Gasteiger partial charge < -0.3 is 13.9 Å². The van der Waals surface area contributed by atoms with Crippen molar-refractivity contribution in [1.82, 2.24) is 4.57 Å². The van der Waals surface area contributed by atoms with Crippen LogP contribution in [0.25, 0.3) is 103 Å². The molecule has 3 aromatic heterocycles. The van der Waals surface area contributed by atoms with Gasteiger partial charge in [0.2, 0.25) is 0 Å². The van der Waals surface area contributed by atoms with Gasteiger partial charge in [0, 0.05) is 58.8 Å². The summed E-state index contributed by atoms with van der Waals surface area (Å²) >= 11 is 1.87. The normalized spacial score (nSPS) is 11.9. The number of furan rings is 1. The van der Waals surface area contributed by atoms with Gasteiger partial charge in [-0.05, 0) is 100 Å². The lowest BCUT2D eigenvalue weighted by atomic mass is 9.98. The van der Waals surface area contributed by atoms with E-state index in [4.69, 9.17) is 4.42 Å². The van der Waals surface area contributed by atoms with Gasteiger partial charge in [-0.2, -0.15) is 0 Å². The van der Waals surface area contributed by atoms with E-state index in [2.05, 4.69) is 228 Å². The SMILES string of the molecule is c1ccc(-n2c3ccccc3c3c(-c4ccc(N(c5cccc(-c6cccc7c6sc6ccccc67)c5)c5cccc6oc7c8ccccc8ccc7c56)cc4)cccc32)cc1. The summed E-state index contributed by atoms with van der Waals surface area (Å²) in [5.74, 6) is 0. The molecule has 290 valence electrons. The van der Waals surface area contributed by atoms with Crippen LogP contribution in [0.4, 0.5) is 17.1 Å². The highest BCUT2D eigenvalue weighted by Gasteiger charge is 2.22. The second-order valence-electron chi connectivity index (χ2n) is 16.0. The van der Waals surface area contributed by atoms with Crippen LogP contribution in [0.15, 0.2) is 223 Å². The van der Waals surface area contributed by atoms with E-state index < -0.39 is 0 Å². The molecule has 3 nitrogen and oxygen atoms in total. The van der Waals surface area contributed by atoms with E-state index >= 15 is 0 Å². The van der Waals surface area contributed by atoms with Crippen LogP contribution in [-0.4, -0.2) is 4.57 Å². The number of anilines is 3. The van der Waals surface area contributed by atoms with E-state index in [9.17, 15) is 0 Å². The Hall–Kier alpha value is -7.92. The molecule has 0 saturated heterocycles. The van der Waals surface area contributed by atoms with E-state index in [1.807, 2.05) is 11.3 Å². The van der Waals surface area contributed by atoms with Crippen molar-refractivity contribution in [2.75, 3.05) is 4.90 Å². The first-order valence-electron chi connectivity index (χ1n) is 21.1. The molecule has 0 aliphatic rings. The topological polar surface area (TPSA) is 21.3 Å². The van der Waals surface area contributed by atoms with Crippen molar-refractivity contribution in [3.8, 4) is 27.9 Å². The predicted octanol–water partition coefficient (Wildman–Crippen LogP) is 17.0. The lowest BCUT2D eigenvalue weighted by molar-refractivity contribution is 0.672. The molecular formula is C58H36N2OS. The molecule has 0 radical (unpaired) electrons. The zero-order valence-corrected chi connectivity index (χ0v) is 34.3. The summed E-state index contributed by atoms with van der Waals surface area (Å²) in [6.07, 6.45) is 0. The van der Waals surface area contributed by atoms with Crippen molar-refractivity contribution in [2.24, 2.45) is 0 Å². The number of hydrogen-bond donors (Lipinski definition) is 0. The number of nitrogens with zero attached hydrogens (tertiary/aromatic N) is 2. The Labute approximate surface area is 361 Å². The van der Waals surface area contributed by atoms with Gasteiger partial charge in [-0.3, -0.25) is 0 Å². The Morgan fingerprint density at radius 1 is 0.419 bits per heavy atom. The lowest BCUT2D eigenvalue weighted by Crippen LogP contribution is -2.10. The van der Waals surface area contributed by atoms with Crippen LogP contribution in [-0.2, 0) is 0 Å². The molecule has 0 aliphatic carbocycles. The van der Waals surface area contributed by atoms with Gasteiger partial charge in [0.25, 0.3) is 0 Å². The van der Waals surface area contributed by atoms with Gasteiger partial charge in [0.05, 0.1) is 22.1 Å². The molecule has 3 heterocycles. The molecule has 13 rings (SSSR count). The van der Waals surface area contributed by atoms with Gasteiger partial charge >= 0.3 is 0 Å². The highest BCUT2D eigenvalue weighted by atomic mass is 32.1. The van der Waals surface area contributed by atoms with Crippen molar-refractivity contribution in [3.05, 3.63) is 218 Å². The fourth-order valence-corrected chi connectivity index (χ4v) is 11.1. The van der Waals surface area contributed by atoms with E-state index in [0.717, 1.165) is 55.5 Å². The lowest BCUT2D eigenvalue weighted by Gasteiger charge is -2.27. The molecule has 0 N–H and O–H groups in total. The van der Waals surface area contributed by atoms with Crippen molar-refractivity contribution >= 4 is 103 Å². The zero-order valence-electron chi connectivity index (χ0n) is 33.5. The second kappa shape index (κ2) is 13.8. The molecule has 0 spiro atoms. The summed E-state index contributed by atoms with van der Waals surface area (Å²) in [6, 6.07) is 79.1. The summed E-state index contributed by atoms with van der Waals surface area (Å²) in [5, 5.41) is 9.56. The molecule has 0 amide bonds. The number of fused-ring (bicyclic) bond motifs is 11. The number of hydrogen-bond acceptors (Lipinski definition) is 3. The number of benzene rings is 10. The molecule has 10 aromatic carbocycles. The second-order valence-corrected chi connectivity index (χ2v) is 17.1. The first-order valence-corrected chi connectivity index (χ1v) is 21.9. The minimum atomic E-state index is 0.864.